The molecule has 0 spiro atoms. The third kappa shape index (κ3) is 4.05. The summed E-state index contributed by atoms with van der Waals surface area (Å²) < 4.78 is 0. The summed E-state index contributed by atoms with van der Waals surface area (Å²) in [7, 11) is 0. The van der Waals surface area contributed by atoms with Crippen molar-refractivity contribution in [2.75, 3.05) is 26.2 Å². The highest BCUT2D eigenvalue weighted by Gasteiger charge is 2.38. The second kappa shape index (κ2) is 7.34. The van der Waals surface area contributed by atoms with E-state index >= 15 is 0 Å². The predicted molar refractivity (Wildman–Crippen MR) is 91.7 cm³/mol. The van der Waals surface area contributed by atoms with Crippen molar-refractivity contribution < 1.29 is 9.59 Å². The van der Waals surface area contributed by atoms with E-state index in [0.717, 1.165) is 30.8 Å². The Morgan fingerprint density at radius 3 is 2.78 bits per heavy atom. The lowest BCUT2D eigenvalue weighted by Crippen LogP contribution is -2.43. The van der Waals surface area contributed by atoms with Crippen molar-refractivity contribution in [3.05, 3.63) is 22.4 Å². The number of thiophene rings is 1. The first kappa shape index (κ1) is 16.3. The maximum Gasteiger partial charge on any atom is 0.317 e. The van der Waals surface area contributed by atoms with Gasteiger partial charge in [-0.05, 0) is 36.6 Å². The lowest BCUT2D eigenvalue weighted by molar-refractivity contribution is 0.0767. The van der Waals surface area contributed by atoms with Crippen LogP contribution in [0.25, 0.3) is 0 Å². The normalized spacial score (nSPS) is 24.2. The maximum absolute atomic E-state index is 12.4. The number of hydrogen-bond donors (Lipinski definition) is 1. The molecule has 0 unspecified atom stereocenters. The third-order valence-electron chi connectivity index (χ3n) is 4.69. The minimum Gasteiger partial charge on any atom is -0.336 e. The number of nitrogens with one attached hydrogen (secondary N) is 1. The van der Waals surface area contributed by atoms with Gasteiger partial charge in [0.1, 0.15) is 0 Å². The van der Waals surface area contributed by atoms with Crippen molar-refractivity contribution in [3.8, 4) is 0 Å². The molecule has 1 N–H and O–H groups in total. The maximum atomic E-state index is 12.4. The number of amides is 3. The van der Waals surface area contributed by atoms with E-state index in [1.807, 2.05) is 27.3 Å². The SMILES string of the molecule is CCC[C@H]1C[C@H]1NC(=O)N1CCCN(C(=O)c2cccs2)CC1. The Labute approximate surface area is 141 Å². The van der Waals surface area contributed by atoms with Crippen molar-refractivity contribution in [1.29, 1.82) is 0 Å². The molecule has 2 atom stereocenters. The number of carbonyl (C=O) groups is 2. The van der Waals surface area contributed by atoms with Crippen LogP contribution < -0.4 is 5.32 Å². The standard InChI is InChI=1S/C17H25N3O2S/c1-2-5-13-12-14(13)18-17(22)20-8-4-7-19(9-10-20)16(21)15-6-3-11-23-15/h3,6,11,13-14H,2,4-5,7-10,12H2,1H3,(H,18,22)/t13-,14+/m0/s1. The molecular formula is C17H25N3O2S. The van der Waals surface area contributed by atoms with Crippen molar-refractivity contribution in [3.63, 3.8) is 0 Å². The first-order valence-electron chi connectivity index (χ1n) is 8.57. The highest BCUT2D eigenvalue weighted by molar-refractivity contribution is 7.12. The quantitative estimate of drug-likeness (QED) is 0.920. The third-order valence-corrected chi connectivity index (χ3v) is 5.55. The van der Waals surface area contributed by atoms with Crippen LogP contribution in [-0.2, 0) is 0 Å². The summed E-state index contributed by atoms with van der Waals surface area (Å²) in [6, 6.07) is 4.18. The van der Waals surface area contributed by atoms with Crippen LogP contribution in [0, 0.1) is 5.92 Å². The van der Waals surface area contributed by atoms with E-state index in [4.69, 9.17) is 0 Å². The number of carbonyl (C=O) groups excluding carboxylic acids is 2. The van der Waals surface area contributed by atoms with Crippen molar-refractivity contribution in [1.82, 2.24) is 15.1 Å². The van der Waals surface area contributed by atoms with E-state index in [2.05, 4.69) is 12.2 Å². The van der Waals surface area contributed by atoms with E-state index in [1.165, 1.54) is 24.2 Å². The molecule has 0 aromatic carbocycles. The van der Waals surface area contributed by atoms with Gasteiger partial charge < -0.3 is 15.1 Å². The Morgan fingerprint density at radius 1 is 1.26 bits per heavy atom. The fraction of sp³-hybridized carbons (Fsp3) is 0.647. The summed E-state index contributed by atoms with van der Waals surface area (Å²) in [5.74, 6) is 0.764. The largest absolute Gasteiger partial charge is 0.336 e. The van der Waals surface area contributed by atoms with Gasteiger partial charge in [-0.25, -0.2) is 4.79 Å². The summed E-state index contributed by atoms with van der Waals surface area (Å²) in [6.45, 7) is 4.88. The Morgan fingerprint density at radius 2 is 2.04 bits per heavy atom. The summed E-state index contributed by atoms with van der Waals surface area (Å²) in [5.41, 5.74) is 0. The average Bonchev–Trinajstić information content (AvgIpc) is 3.11. The van der Waals surface area contributed by atoms with Gasteiger partial charge in [-0.1, -0.05) is 19.4 Å². The van der Waals surface area contributed by atoms with E-state index in [-0.39, 0.29) is 11.9 Å². The lowest BCUT2D eigenvalue weighted by atomic mass is 10.2. The van der Waals surface area contributed by atoms with E-state index in [0.29, 0.717) is 25.0 Å². The minimum absolute atomic E-state index is 0.0408. The van der Waals surface area contributed by atoms with Gasteiger partial charge in [0.2, 0.25) is 0 Å². The van der Waals surface area contributed by atoms with Crippen LogP contribution >= 0.6 is 11.3 Å². The molecule has 2 aliphatic rings. The first-order valence-corrected chi connectivity index (χ1v) is 9.45. The molecule has 2 fully saturated rings. The predicted octanol–water partition coefficient (Wildman–Crippen LogP) is 2.79. The van der Waals surface area contributed by atoms with Gasteiger partial charge >= 0.3 is 6.03 Å². The van der Waals surface area contributed by atoms with E-state index < -0.39 is 0 Å². The first-order chi connectivity index (χ1) is 11.2. The fourth-order valence-electron chi connectivity index (χ4n) is 3.24. The lowest BCUT2D eigenvalue weighted by Gasteiger charge is -2.22. The van der Waals surface area contributed by atoms with Crippen LogP contribution in [-0.4, -0.2) is 54.0 Å². The van der Waals surface area contributed by atoms with Gasteiger partial charge in [0.15, 0.2) is 0 Å². The average molecular weight is 335 g/mol. The summed E-state index contributed by atoms with van der Waals surface area (Å²) in [4.78, 5) is 29.3. The molecule has 1 saturated heterocycles. The Hall–Kier alpha value is -1.56. The minimum atomic E-state index is 0.0408. The molecule has 23 heavy (non-hydrogen) atoms. The second-order valence-corrected chi connectivity index (χ2v) is 7.40. The number of urea groups is 1. The van der Waals surface area contributed by atoms with Crippen LogP contribution in [0.2, 0.25) is 0 Å². The van der Waals surface area contributed by atoms with Gasteiger partial charge in [0.25, 0.3) is 5.91 Å². The highest BCUT2D eigenvalue weighted by Crippen LogP contribution is 2.34. The molecule has 126 valence electrons. The van der Waals surface area contributed by atoms with Gasteiger partial charge in [0, 0.05) is 32.2 Å². The van der Waals surface area contributed by atoms with Crippen LogP contribution in [0.4, 0.5) is 4.79 Å². The van der Waals surface area contributed by atoms with Gasteiger partial charge in [0.05, 0.1) is 4.88 Å². The van der Waals surface area contributed by atoms with Gasteiger partial charge in [-0.3, -0.25) is 4.79 Å². The molecule has 0 radical (unpaired) electrons. The zero-order valence-electron chi connectivity index (χ0n) is 13.7. The monoisotopic (exact) mass is 335 g/mol. The van der Waals surface area contributed by atoms with Crippen molar-refractivity contribution in [2.24, 2.45) is 5.92 Å². The highest BCUT2D eigenvalue weighted by atomic mass is 32.1. The van der Waals surface area contributed by atoms with Gasteiger partial charge in [-0.2, -0.15) is 0 Å². The van der Waals surface area contributed by atoms with E-state index in [9.17, 15) is 9.59 Å². The molecule has 1 aliphatic heterocycles. The number of nitrogens with zero attached hydrogens (tertiary/aromatic N) is 2. The summed E-state index contributed by atoms with van der Waals surface area (Å²) >= 11 is 1.48. The topological polar surface area (TPSA) is 52.7 Å². The van der Waals surface area contributed by atoms with Crippen LogP contribution in [0.5, 0.6) is 0 Å². The Bertz CT molecular complexity index is 546. The number of hydrogen-bond acceptors (Lipinski definition) is 3. The smallest absolute Gasteiger partial charge is 0.317 e. The second-order valence-electron chi connectivity index (χ2n) is 6.45. The number of rotatable bonds is 4. The van der Waals surface area contributed by atoms with E-state index in [1.54, 1.807) is 0 Å². The molecule has 1 saturated carbocycles. The molecular weight excluding hydrogens is 310 g/mol. The molecule has 1 aromatic heterocycles. The summed E-state index contributed by atoms with van der Waals surface area (Å²) in [6.07, 6.45) is 4.35. The molecule has 3 amide bonds. The van der Waals surface area contributed by atoms with Crippen LogP contribution in [0.1, 0.15) is 42.3 Å². The van der Waals surface area contributed by atoms with Crippen molar-refractivity contribution >= 4 is 23.3 Å². The van der Waals surface area contributed by atoms with Gasteiger partial charge in [-0.15, -0.1) is 11.3 Å². The molecule has 0 bridgehead atoms. The molecule has 3 rings (SSSR count). The van der Waals surface area contributed by atoms with Crippen LogP contribution in [0.15, 0.2) is 17.5 Å². The zero-order valence-corrected chi connectivity index (χ0v) is 14.5. The Balaban J connectivity index is 1.48. The summed E-state index contributed by atoms with van der Waals surface area (Å²) in [5, 5.41) is 5.07. The molecule has 6 heteroatoms. The fourth-order valence-corrected chi connectivity index (χ4v) is 3.93. The molecule has 1 aromatic rings. The molecule has 2 heterocycles. The zero-order chi connectivity index (χ0) is 16.2. The molecule has 5 nitrogen and oxygen atoms in total. The van der Waals surface area contributed by atoms with Crippen LogP contribution in [0.3, 0.4) is 0 Å². The molecule has 1 aliphatic carbocycles. The Kier molecular flexibility index (Phi) is 5.20. The van der Waals surface area contributed by atoms with Crippen molar-refractivity contribution in [2.45, 2.75) is 38.6 Å².